The van der Waals surface area contributed by atoms with Crippen LogP contribution in [0, 0.1) is 5.92 Å². The summed E-state index contributed by atoms with van der Waals surface area (Å²) < 4.78 is 0. The summed E-state index contributed by atoms with van der Waals surface area (Å²) in [5.74, 6) is 0.363. The van der Waals surface area contributed by atoms with Crippen molar-refractivity contribution in [3.05, 3.63) is 30.1 Å². The van der Waals surface area contributed by atoms with Gasteiger partial charge in [0.1, 0.15) is 0 Å². The average Bonchev–Trinajstić information content (AvgIpc) is 2.21. The molecule has 13 heavy (non-hydrogen) atoms. The van der Waals surface area contributed by atoms with Crippen LogP contribution < -0.4 is 0 Å². The molecule has 1 rings (SSSR count). The van der Waals surface area contributed by atoms with E-state index in [1.807, 2.05) is 12.1 Å². The van der Waals surface area contributed by atoms with Crippen LogP contribution in [0.5, 0.6) is 0 Å². The highest BCUT2D eigenvalue weighted by molar-refractivity contribution is 5.13. The first kappa shape index (κ1) is 10.2. The van der Waals surface area contributed by atoms with Gasteiger partial charge in [-0.15, -0.1) is 0 Å². The Morgan fingerprint density at radius 2 is 1.77 bits per heavy atom. The van der Waals surface area contributed by atoms with Crippen molar-refractivity contribution in [2.45, 2.75) is 32.8 Å². The zero-order valence-corrected chi connectivity index (χ0v) is 8.27. The Morgan fingerprint density at radius 1 is 1.23 bits per heavy atom. The first-order valence-electron chi connectivity index (χ1n) is 4.87. The van der Waals surface area contributed by atoms with Crippen molar-refractivity contribution in [3.63, 3.8) is 0 Å². The molecule has 2 heteroatoms. The van der Waals surface area contributed by atoms with Gasteiger partial charge in [0.2, 0.25) is 0 Å². The quantitative estimate of drug-likeness (QED) is 0.770. The van der Waals surface area contributed by atoms with E-state index in [1.54, 1.807) is 12.4 Å². The highest BCUT2D eigenvalue weighted by atomic mass is 16.3. The Balaban J connectivity index is 2.72. The first-order chi connectivity index (χ1) is 6.29. The summed E-state index contributed by atoms with van der Waals surface area (Å²) in [6, 6.07) is 3.76. The molecular weight excluding hydrogens is 162 g/mol. The predicted molar refractivity (Wildman–Crippen MR) is 53.3 cm³/mol. The Hall–Kier alpha value is -0.890. The minimum Gasteiger partial charge on any atom is -0.388 e. The van der Waals surface area contributed by atoms with E-state index >= 15 is 0 Å². The molecule has 2 nitrogen and oxygen atoms in total. The highest BCUT2D eigenvalue weighted by Crippen LogP contribution is 2.26. The van der Waals surface area contributed by atoms with Crippen molar-refractivity contribution in [2.24, 2.45) is 5.92 Å². The smallest absolute Gasteiger partial charge is 0.0819 e. The standard InChI is InChI=1S/C11H17NO/c1-3-9(4-2)11(13)10-5-7-12-8-6-10/h5-9,11,13H,3-4H2,1-2H3. The lowest BCUT2D eigenvalue weighted by atomic mass is 9.92. The minimum absolute atomic E-state index is 0.335. The van der Waals surface area contributed by atoms with E-state index in [1.165, 1.54) is 0 Å². The van der Waals surface area contributed by atoms with Gasteiger partial charge >= 0.3 is 0 Å². The van der Waals surface area contributed by atoms with Gasteiger partial charge in [-0.1, -0.05) is 26.7 Å². The molecule has 1 atom stereocenters. The number of aromatic nitrogens is 1. The fourth-order valence-corrected chi connectivity index (χ4v) is 1.57. The molecule has 0 saturated carbocycles. The number of nitrogens with zero attached hydrogens (tertiary/aromatic N) is 1. The van der Waals surface area contributed by atoms with Gasteiger partial charge in [-0.05, 0) is 23.6 Å². The van der Waals surface area contributed by atoms with Crippen molar-refractivity contribution in [1.29, 1.82) is 0 Å². The first-order valence-corrected chi connectivity index (χ1v) is 4.87. The van der Waals surface area contributed by atoms with Crippen molar-refractivity contribution in [3.8, 4) is 0 Å². The topological polar surface area (TPSA) is 33.1 Å². The Bertz CT molecular complexity index is 231. The van der Waals surface area contributed by atoms with Crippen LogP contribution in [0.15, 0.2) is 24.5 Å². The lowest BCUT2D eigenvalue weighted by Gasteiger charge is -2.19. The predicted octanol–water partition coefficient (Wildman–Crippen LogP) is 2.55. The van der Waals surface area contributed by atoms with Crippen LogP contribution >= 0.6 is 0 Å². The SMILES string of the molecule is CCC(CC)C(O)c1ccncc1. The fraction of sp³-hybridized carbons (Fsp3) is 0.545. The third-order valence-electron chi connectivity index (χ3n) is 2.54. The van der Waals surface area contributed by atoms with E-state index < -0.39 is 0 Å². The van der Waals surface area contributed by atoms with E-state index in [2.05, 4.69) is 18.8 Å². The van der Waals surface area contributed by atoms with Gasteiger partial charge in [0.15, 0.2) is 0 Å². The molecule has 0 bridgehead atoms. The zero-order chi connectivity index (χ0) is 9.68. The molecule has 0 aliphatic carbocycles. The zero-order valence-electron chi connectivity index (χ0n) is 8.27. The maximum Gasteiger partial charge on any atom is 0.0819 e. The van der Waals surface area contributed by atoms with Gasteiger partial charge in [0.25, 0.3) is 0 Å². The van der Waals surface area contributed by atoms with Crippen molar-refractivity contribution < 1.29 is 5.11 Å². The van der Waals surface area contributed by atoms with Gasteiger partial charge in [0, 0.05) is 12.4 Å². The van der Waals surface area contributed by atoms with Gasteiger partial charge in [-0.3, -0.25) is 4.98 Å². The molecule has 0 saturated heterocycles. The summed E-state index contributed by atoms with van der Waals surface area (Å²) in [4.78, 5) is 3.93. The van der Waals surface area contributed by atoms with E-state index in [0.717, 1.165) is 18.4 Å². The summed E-state index contributed by atoms with van der Waals surface area (Å²) in [7, 11) is 0. The highest BCUT2D eigenvalue weighted by Gasteiger charge is 2.16. The molecule has 0 radical (unpaired) electrons. The van der Waals surface area contributed by atoms with Crippen LogP contribution in [-0.2, 0) is 0 Å². The lowest BCUT2D eigenvalue weighted by molar-refractivity contribution is 0.103. The van der Waals surface area contributed by atoms with Crippen LogP contribution in [-0.4, -0.2) is 10.1 Å². The number of pyridine rings is 1. The molecule has 0 spiro atoms. The number of hydrogen-bond donors (Lipinski definition) is 1. The molecule has 1 unspecified atom stereocenters. The molecule has 1 aromatic rings. The molecule has 0 aromatic carbocycles. The summed E-state index contributed by atoms with van der Waals surface area (Å²) in [6.07, 6.45) is 5.14. The van der Waals surface area contributed by atoms with E-state index in [-0.39, 0.29) is 6.10 Å². The Labute approximate surface area is 79.6 Å². The second kappa shape index (κ2) is 4.97. The molecule has 72 valence electrons. The molecular formula is C11H17NO. The van der Waals surface area contributed by atoms with Crippen LogP contribution in [0.25, 0.3) is 0 Å². The average molecular weight is 179 g/mol. The third-order valence-corrected chi connectivity index (χ3v) is 2.54. The number of rotatable bonds is 4. The molecule has 0 amide bonds. The van der Waals surface area contributed by atoms with Crippen molar-refractivity contribution in [2.75, 3.05) is 0 Å². The van der Waals surface area contributed by atoms with Gasteiger partial charge in [0.05, 0.1) is 6.10 Å². The normalized spacial score (nSPS) is 13.2. The third kappa shape index (κ3) is 2.52. The number of aliphatic hydroxyl groups is 1. The second-order valence-corrected chi connectivity index (χ2v) is 3.30. The van der Waals surface area contributed by atoms with E-state index in [4.69, 9.17) is 0 Å². The Kier molecular flexibility index (Phi) is 3.90. The van der Waals surface area contributed by atoms with Crippen LogP contribution in [0.4, 0.5) is 0 Å². The van der Waals surface area contributed by atoms with Crippen molar-refractivity contribution in [1.82, 2.24) is 4.98 Å². The maximum atomic E-state index is 9.95. The monoisotopic (exact) mass is 179 g/mol. The van der Waals surface area contributed by atoms with E-state index in [0.29, 0.717) is 5.92 Å². The largest absolute Gasteiger partial charge is 0.388 e. The summed E-state index contributed by atoms with van der Waals surface area (Å²) in [5.41, 5.74) is 0.976. The van der Waals surface area contributed by atoms with E-state index in [9.17, 15) is 5.11 Å². The maximum absolute atomic E-state index is 9.95. The van der Waals surface area contributed by atoms with Gasteiger partial charge < -0.3 is 5.11 Å². The molecule has 0 aliphatic rings. The lowest BCUT2D eigenvalue weighted by Crippen LogP contribution is -2.10. The molecule has 1 N–H and O–H groups in total. The summed E-state index contributed by atoms with van der Waals surface area (Å²) >= 11 is 0. The van der Waals surface area contributed by atoms with Crippen LogP contribution in [0.1, 0.15) is 38.4 Å². The molecule has 1 heterocycles. The molecule has 0 aliphatic heterocycles. The fourth-order valence-electron chi connectivity index (χ4n) is 1.57. The summed E-state index contributed by atoms with van der Waals surface area (Å²) in [6.45, 7) is 4.22. The number of aliphatic hydroxyl groups excluding tert-OH is 1. The van der Waals surface area contributed by atoms with Gasteiger partial charge in [-0.25, -0.2) is 0 Å². The van der Waals surface area contributed by atoms with Gasteiger partial charge in [-0.2, -0.15) is 0 Å². The number of hydrogen-bond acceptors (Lipinski definition) is 2. The van der Waals surface area contributed by atoms with Crippen molar-refractivity contribution >= 4 is 0 Å². The Morgan fingerprint density at radius 3 is 2.23 bits per heavy atom. The molecule has 0 fully saturated rings. The van der Waals surface area contributed by atoms with Crippen LogP contribution in [0.3, 0.4) is 0 Å². The van der Waals surface area contributed by atoms with Crippen LogP contribution in [0.2, 0.25) is 0 Å². The summed E-state index contributed by atoms with van der Waals surface area (Å²) in [5, 5.41) is 9.95. The minimum atomic E-state index is -0.335. The molecule has 1 aromatic heterocycles. The second-order valence-electron chi connectivity index (χ2n) is 3.30.